The van der Waals surface area contributed by atoms with E-state index in [-0.39, 0.29) is 22.8 Å². The number of rotatable bonds is 4. The lowest BCUT2D eigenvalue weighted by Crippen LogP contribution is -2.47. The summed E-state index contributed by atoms with van der Waals surface area (Å²) in [6.45, 7) is 6.37. The lowest BCUT2D eigenvalue weighted by atomic mass is 9.88. The SMILES string of the molecule is Cc1ccc2c(c1)C1CN(C)CCC1N2C(=O)c1cc(S(=O)(=O)N(C)C)ccc1N1CCOCC1. The number of likely N-dealkylation sites (N-methyl/N-ethyl adjacent to an activating group) is 1. The van der Waals surface area contributed by atoms with Crippen LogP contribution in [-0.4, -0.2) is 90.1 Å². The van der Waals surface area contributed by atoms with Gasteiger partial charge >= 0.3 is 0 Å². The average molecular weight is 499 g/mol. The van der Waals surface area contributed by atoms with Crippen molar-refractivity contribution in [2.45, 2.75) is 30.2 Å². The molecule has 3 aliphatic heterocycles. The molecule has 2 unspecified atom stereocenters. The van der Waals surface area contributed by atoms with E-state index in [0.29, 0.717) is 31.9 Å². The summed E-state index contributed by atoms with van der Waals surface area (Å²) in [5.74, 6) is 0.109. The van der Waals surface area contributed by atoms with E-state index in [1.807, 2.05) is 4.90 Å². The van der Waals surface area contributed by atoms with Crippen molar-refractivity contribution < 1.29 is 17.9 Å². The van der Waals surface area contributed by atoms with Crippen LogP contribution in [0.15, 0.2) is 41.3 Å². The first kappa shape index (κ1) is 24.2. The number of amides is 1. The Morgan fingerprint density at radius 2 is 1.74 bits per heavy atom. The highest BCUT2D eigenvalue weighted by atomic mass is 32.2. The van der Waals surface area contributed by atoms with Crippen LogP contribution in [0.25, 0.3) is 0 Å². The van der Waals surface area contributed by atoms with Crippen molar-refractivity contribution in [2.75, 3.05) is 70.3 Å². The number of morpholine rings is 1. The van der Waals surface area contributed by atoms with Crippen LogP contribution in [0, 0.1) is 6.92 Å². The molecule has 2 fully saturated rings. The summed E-state index contributed by atoms with van der Waals surface area (Å²) in [6, 6.07) is 11.3. The number of hydrogen-bond acceptors (Lipinski definition) is 6. The first-order valence-corrected chi connectivity index (χ1v) is 13.6. The molecule has 0 aromatic heterocycles. The molecule has 0 N–H and O–H groups in total. The second kappa shape index (κ2) is 9.20. The van der Waals surface area contributed by atoms with Gasteiger partial charge in [0, 0.05) is 57.1 Å². The molecule has 2 aromatic rings. The van der Waals surface area contributed by atoms with Crippen LogP contribution in [0.4, 0.5) is 11.4 Å². The van der Waals surface area contributed by atoms with Gasteiger partial charge in [-0.05, 0) is 56.8 Å². The van der Waals surface area contributed by atoms with Gasteiger partial charge in [-0.3, -0.25) is 4.79 Å². The third kappa shape index (κ3) is 4.24. The molecule has 2 aromatic carbocycles. The number of nitrogens with zero attached hydrogens (tertiary/aromatic N) is 4. The fourth-order valence-electron chi connectivity index (χ4n) is 5.61. The Balaban J connectivity index is 1.63. The molecule has 0 aliphatic carbocycles. The summed E-state index contributed by atoms with van der Waals surface area (Å²) in [7, 11) is 1.46. The van der Waals surface area contributed by atoms with Gasteiger partial charge in [-0.25, -0.2) is 12.7 Å². The minimum atomic E-state index is -3.69. The van der Waals surface area contributed by atoms with E-state index >= 15 is 0 Å². The van der Waals surface area contributed by atoms with E-state index < -0.39 is 10.0 Å². The van der Waals surface area contributed by atoms with Crippen LogP contribution in [0.3, 0.4) is 0 Å². The zero-order valence-corrected chi connectivity index (χ0v) is 21.7. The van der Waals surface area contributed by atoms with Crippen molar-refractivity contribution in [3.63, 3.8) is 0 Å². The predicted molar refractivity (Wildman–Crippen MR) is 137 cm³/mol. The highest BCUT2D eigenvalue weighted by molar-refractivity contribution is 7.89. The number of ether oxygens (including phenoxy) is 1. The standard InChI is InChI=1S/C26H34N4O4S/c1-18-5-7-24-20(15-18)22-17-28(4)10-9-25(22)30(24)26(31)21-16-19(35(32,33)27(2)3)6-8-23(21)29-11-13-34-14-12-29/h5-8,15-16,22,25H,9-14,17H2,1-4H3. The molecule has 0 radical (unpaired) electrons. The van der Waals surface area contributed by atoms with Gasteiger partial charge in [0.25, 0.3) is 5.91 Å². The van der Waals surface area contributed by atoms with E-state index in [2.05, 4.69) is 42.0 Å². The quantitative estimate of drug-likeness (QED) is 0.645. The maximum Gasteiger partial charge on any atom is 0.260 e. The van der Waals surface area contributed by atoms with Crippen LogP contribution >= 0.6 is 0 Å². The minimum absolute atomic E-state index is 0.0575. The van der Waals surface area contributed by atoms with Crippen molar-refractivity contribution in [1.29, 1.82) is 0 Å². The predicted octanol–water partition coefficient (Wildman–Crippen LogP) is 2.53. The zero-order chi connectivity index (χ0) is 24.9. The van der Waals surface area contributed by atoms with E-state index in [9.17, 15) is 13.2 Å². The second-order valence-electron chi connectivity index (χ2n) is 10.0. The smallest absolute Gasteiger partial charge is 0.260 e. The van der Waals surface area contributed by atoms with E-state index in [4.69, 9.17) is 4.74 Å². The van der Waals surface area contributed by atoms with E-state index in [1.54, 1.807) is 18.2 Å². The van der Waals surface area contributed by atoms with Crippen LogP contribution in [0.2, 0.25) is 0 Å². The number of benzene rings is 2. The molecule has 2 atom stereocenters. The number of fused-ring (bicyclic) bond motifs is 3. The van der Waals surface area contributed by atoms with Crippen LogP contribution in [0.1, 0.15) is 33.8 Å². The molecule has 3 heterocycles. The third-order valence-corrected chi connectivity index (χ3v) is 9.31. The second-order valence-corrected chi connectivity index (χ2v) is 12.2. The normalized spacial score (nSPS) is 22.9. The number of carbonyl (C=O) groups is 1. The van der Waals surface area contributed by atoms with Crippen LogP contribution in [-0.2, 0) is 14.8 Å². The van der Waals surface area contributed by atoms with E-state index in [1.165, 1.54) is 29.5 Å². The molecule has 188 valence electrons. The maximum absolute atomic E-state index is 14.4. The first-order chi connectivity index (χ1) is 16.7. The van der Waals surface area contributed by atoms with Crippen molar-refractivity contribution in [3.8, 4) is 0 Å². The van der Waals surface area contributed by atoms with Crippen molar-refractivity contribution in [3.05, 3.63) is 53.1 Å². The van der Waals surface area contributed by atoms with Gasteiger partial charge in [-0.1, -0.05) is 17.7 Å². The summed E-state index contributed by atoms with van der Waals surface area (Å²) >= 11 is 0. The molecule has 8 nitrogen and oxygen atoms in total. The Morgan fingerprint density at radius 1 is 1.03 bits per heavy atom. The highest BCUT2D eigenvalue weighted by Gasteiger charge is 2.44. The van der Waals surface area contributed by atoms with Crippen molar-refractivity contribution >= 4 is 27.3 Å². The van der Waals surface area contributed by atoms with E-state index in [0.717, 1.165) is 30.9 Å². The number of piperidine rings is 1. The molecule has 1 amide bonds. The monoisotopic (exact) mass is 498 g/mol. The summed E-state index contributed by atoms with van der Waals surface area (Å²) in [6.07, 6.45) is 0.878. The topological polar surface area (TPSA) is 73.4 Å². The summed E-state index contributed by atoms with van der Waals surface area (Å²) < 4.78 is 32.7. The maximum atomic E-state index is 14.4. The van der Waals surface area contributed by atoms with Crippen LogP contribution in [0.5, 0.6) is 0 Å². The Labute approximate surface area is 208 Å². The molecule has 2 saturated heterocycles. The molecular weight excluding hydrogens is 464 g/mol. The molecule has 0 bridgehead atoms. The lowest BCUT2D eigenvalue weighted by Gasteiger charge is -2.37. The Hall–Kier alpha value is -2.46. The number of carbonyl (C=O) groups excluding carboxylic acids is 1. The fourth-order valence-corrected chi connectivity index (χ4v) is 6.54. The van der Waals surface area contributed by atoms with Gasteiger partial charge in [-0.15, -0.1) is 0 Å². The average Bonchev–Trinajstić information content (AvgIpc) is 3.16. The van der Waals surface area contributed by atoms with Gasteiger partial charge in [0.2, 0.25) is 10.0 Å². The van der Waals surface area contributed by atoms with Gasteiger partial charge < -0.3 is 19.4 Å². The molecule has 9 heteroatoms. The van der Waals surface area contributed by atoms with Gasteiger partial charge in [0.05, 0.1) is 23.7 Å². The van der Waals surface area contributed by atoms with Gasteiger partial charge in [0.1, 0.15) is 0 Å². The van der Waals surface area contributed by atoms with Crippen molar-refractivity contribution in [2.24, 2.45) is 0 Å². The molecule has 5 rings (SSSR count). The Morgan fingerprint density at radius 3 is 2.46 bits per heavy atom. The summed E-state index contributed by atoms with van der Waals surface area (Å²) in [5.41, 5.74) is 4.53. The number of likely N-dealkylation sites (tertiary alicyclic amines) is 1. The summed E-state index contributed by atoms with van der Waals surface area (Å²) in [5, 5.41) is 0. The van der Waals surface area contributed by atoms with Gasteiger partial charge in [0.15, 0.2) is 0 Å². The fraction of sp³-hybridized carbons (Fsp3) is 0.500. The Kier molecular flexibility index (Phi) is 6.37. The zero-order valence-electron chi connectivity index (χ0n) is 20.9. The molecular formula is C26H34N4O4S. The number of sulfonamides is 1. The number of hydrogen-bond donors (Lipinski definition) is 0. The largest absolute Gasteiger partial charge is 0.378 e. The Bertz CT molecular complexity index is 1240. The number of aryl methyl sites for hydroxylation is 1. The lowest BCUT2D eigenvalue weighted by molar-refractivity contribution is 0.0963. The summed E-state index contributed by atoms with van der Waals surface area (Å²) in [4.78, 5) is 20.9. The first-order valence-electron chi connectivity index (χ1n) is 12.2. The number of anilines is 2. The highest BCUT2D eigenvalue weighted by Crippen LogP contribution is 2.46. The van der Waals surface area contributed by atoms with Gasteiger partial charge in [-0.2, -0.15) is 0 Å². The molecule has 35 heavy (non-hydrogen) atoms. The third-order valence-electron chi connectivity index (χ3n) is 7.50. The van der Waals surface area contributed by atoms with Crippen LogP contribution < -0.4 is 9.80 Å². The van der Waals surface area contributed by atoms with Crippen molar-refractivity contribution in [1.82, 2.24) is 9.21 Å². The molecule has 3 aliphatic rings. The minimum Gasteiger partial charge on any atom is -0.378 e. The molecule has 0 saturated carbocycles. The molecule has 0 spiro atoms.